The molecule has 1 fully saturated rings. The monoisotopic (exact) mass is 261 g/mol. The minimum Gasteiger partial charge on any atom is -0.356 e. The van der Waals surface area contributed by atoms with Crippen molar-refractivity contribution in [2.45, 2.75) is 18.9 Å². The van der Waals surface area contributed by atoms with Gasteiger partial charge in [0.2, 0.25) is 11.8 Å². The molecule has 0 aromatic heterocycles. The van der Waals surface area contributed by atoms with Crippen molar-refractivity contribution < 1.29 is 9.59 Å². The molecule has 1 aliphatic rings. The van der Waals surface area contributed by atoms with E-state index in [1.165, 1.54) is 5.56 Å². The molecule has 2 amide bonds. The van der Waals surface area contributed by atoms with E-state index in [1.54, 1.807) is 0 Å². The van der Waals surface area contributed by atoms with Crippen LogP contribution in [-0.4, -0.2) is 37.5 Å². The zero-order chi connectivity index (χ0) is 13.5. The van der Waals surface area contributed by atoms with Crippen LogP contribution in [0.25, 0.3) is 0 Å². The van der Waals surface area contributed by atoms with Gasteiger partial charge < -0.3 is 16.0 Å². The molecule has 0 radical (unpaired) electrons. The number of nitrogens with one attached hydrogen (secondary N) is 3. The van der Waals surface area contributed by atoms with E-state index in [4.69, 9.17) is 0 Å². The van der Waals surface area contributed by atoms with E-state index >= 15 is 0 Å². The highest BCUT2D eigenvalue weighted by Crippen LogP contribution is 1.99. The summed E-state index contributed by atoms with van der Waals surface area (Å²) in [6.45, 7) is 1.94. The maximum Gasteiger partial charge on any atom is 0.237 e. The topological polar surface area (TPSA) is 70.2 Å². The van der Waals surface area contributed by atoms with Gasteiger partial charge in [-0.3, -0.25) is 9.59 Å². The van der Waals surface area contributed by atoms with E-state index in [0.717, 1.165) is 6.42 Å². The Morgan fingerprint density at radius 2 is 2.05 bits per heavy atom. The van der Waals surface area contributed by atoms with Crippen molar-refractivity contribution in [3.63, 3.8) is 0 Å². The Bertz CT molecular complexity index is 434. The van der Waals surface area contributed by atoms with Crippen LogP contribution in [0.3, 0.4) is 0 Å². The lowest BCUT2D eigenvalue weighted by Crippen LogP contribution is -2.54. The molecule has 5 nitrogen and oxygen atoms in total. The molecule has 1 heterocycles. The second-order valence-corrected chi connectivity index (χ2v) is 4.59. The van der Waals surface area contributed by atoms with Crippen LogP contribution < -0.4 is 16.0 Å². The fraction of sp³-hybridized carbons (Fsp3) is 0.429. The van der Waals surface area contributed by atoms with Crippen LogP contribution in [0.2, 0.25) is 0 Å². The Kier molecular flexibility index (Phi) is 4.92. The molecule has 1 aromatic rings. The van der Waals surface area contributed by atoms with Crippen molar-refractivity contribution in [3.8, 4) is 0 Å². The highest BCUT2D eigenvalue weighted by molar-refractivity contribution is 5.88. The molecule has 5 heteroatoms. The summed E-state index contributed by atoms with van der Waals surface area (Å²) < 4.78 is 0. The molecule has 1 aliphatic heterocycles. The summed E-state index contributed by atoms with van der Waals surface area (Å²) in [4.78, 5) is 23.2. The van der Waals surface area contributed by atoms with E-state index in [-0.39, 0.29) is 18.2 Å². The molecule has 3 N–H and O–H groups in total. The molecule has 1 aromatic carbocycles. The van der Waals surface area contributed by atoms with E-state index in [0.29, 0.717) is 19.6 Å². The molecule has 1 saturated heterocycles. The predicted octanol–water partition coefficient (Wildman–Crippen LogP) is -0.177. The number of carbonyl (C=O) groups excluding carboxylic acids is 2. The quantitative estimate of drug-likeness (QED) is 0.689. The third-order valence-electron chi connectivity index (χ3n) is 3.10. The van der Waals surface area contributed by atoms with Gasteiger partial charge in [-0.15, -0.1) is 0 Å². The van der Waals surface area contributed by atoms with Gasteiger partial charge >= 0.3 is 0 Å². The number of rotatable bonds is 5. The second kappa shape index (κ2) is 6.89. The van der Waals surface area contributed by atoms with Crippen molar-refractivity contribution in [3.05, 3.63) is 35.9 Å². The van der Waals surface area contributed by atoms with Gasteiger partial charge in [0.05, 0.1) is 12.5 Å². The summed E-state index contributed by atoms with van der Waals surface area (Å²) in [6.07, 6.45) is 0.998. The highest BCUT2D eigenvalue weighted by atomic mass is 16.2. The van der Waals surface area contributed by atoms with Crippen LogP contribution in [0.5, 0.6) is 0 Å². The Morgan fingerprint density at radius 3 is 2.79 bits per heavy atom. The molecule has 1 atom stereocenters. The molecular formula is C14H19N3O2. The molecule has 0 spiro atoms. The van der Waals surface area contributed by atoms with Gasteiger partial charge in [0, 0.05) is 19.6 Å². The fourth-order valence-corrected chi connectivity index (χ4v) is 2.06. The number of hydrogen-bond acceptors (Lipinski definition) is 3. The number of benzene rings is 1. The van der Waals surface area contributed by atoms with Crippen LogP contribution >= 0.6 is 0 Å². The lowest BCUT2D eigenvalue weighted by Gasteiger charge is -2.22. The van der Waals surface area contributed by atoms with Gasteiger partial charge in [-0.25, -0.2) is 0 Å². The van der Waals surface area contributed by atoms with Crippen molar-refractivity contribution in [2.24, 2.45) is 0 Å². The summed E-state index contributed by atoms with van der Waals surface area (Å²) in [6, 6.07) is 9.59. The zero-order valence-corrected chi connectivity index (χ0v) is 10.8. The van der Waals surface area contributed by atoms with Gasteiger partial charge in [0.25, 0.3) is 0 Å². The number of amides is 2. The SMILES string of the molecule is O=C(CC1NCCNC1=O)NCCc1ccccc1. The van der Waals surface area contributed by atoms with Gasteiger partial charge in [-0.2, -0.15) is 0 Å². The lowest BCUT2D eigenvalue weighted by atomic mass is 10.1. The first-order valence-electron chi connectivity index (χ1n) is 6.57. The molecule has 0 saturated carbocycles. The molecule has 0 aliphatic carbocycles. The summed E-state index contributed by atoms with van der Waals surface area (Å²) in [5.74, 6) is -0.185. The molecule has 2 rings (SSSR count). The fourth-order valence-electron chi connectivity index (χ4n) is 2.06. The van der Waals surface area contributed by atoms with Crippen LogP contribution in [0.1, 0.15) is 12.0 Å². The van der Waals surface area contributed by atoms with E-state index in [2.05, 4.69) is 16.0 Å². The number of piperazine rings is 1. The number of hydrogen-bond donors (Lipinski definition) is 3. The average Bonchev–Trinajstić information content (AvgIpc) is 2.43. The van der Waals surface area contributed by atoms with Gasteiger partial charge in [0.15, 0.2) is 0 Å². The summed E-state index contributed by atoms with van der Waals surface area (Å²) in [7, 11) is 0. The van der Waals surface area contributed by atoms with Crippen LogP contribution in [0.15, 0.2) is 30.3 Å². The first-order chi connectivity index (χ1) is 9.25. The van der Waals surface area contributed by atoms with E-state index in [9.17, 15) is 9.59 Å². The first kappa shape index (κ1) is 13.5. The van der Waals surface area contributed by atoms with Gasteiger partial charge in [-0.1, -0.05) is 30.3 Å². The van der Waals surface area contributed by atoms with Gasteiger partial charge in [0.1, 0.15) is 0 Å². The summed E-state index contributed by atoms with van der Waals surface area (Å²) >= 11 is 0. The highest BCUT2D eigenvalue weighted by Gasteiger charge is 2.23. The molecule has 19 heavy (non-hydrogen) atoms. The predicted molar refractivity (Wildman–Crippen MR) is 72.6 cm³/mol. The zero-order valence-electron chi connectivity index (χ0n) is 10.8. The second-order valence-electron chi connectivity index (χ2n) is 4.59. The molecule has 0 bridgehead atoms. The normalized spacial score (nSPS) is 18.7. The third-order valence-corrected chi connectivity index (χ3v) is 3.10. The maximum absolute atomic E-state index is 11.7. The van der Waals surface area contributed by atoms with Crippen LogP contribution in [0.4, 0.5) is 0 Å². The largest absolute Gasteiger partial charge is 0.356 e. The van der Waals surface area contributed by atoms with E-state index in [1.807, 2.05) is 30.3 Å². The van der Waals surface area contributed by atoms with Gasteiger partial charge in [-0.05, 0) is 12.0 Å². The Morgan fingerprint density at radius 1 is 1.26 bits per heavy atom. The molecular weight excluding hydrogens is 242 g/mol. The van der Waals surface area contributed by atoms with Crippen molar-refractivity contribution >= 4 is 11.8 Å². The Labute approximate surface area is 112 Å². The third kappa shape index (κ3) is 4.37. The van der Waals surface area contributed by atoms with Crippen molar-refractivity contribution in [1.82, 2.24) is 16.0 Å². The minimum atomic E-state index is -0.398. The molecule has 1 unspecified atom stereocenters. The maximum atomic E-state index is 11.7. The average molecular weight is 261 g/mol. The Hall–Kier alpha value is -1.88. The van der Waals surface area contributed by atoms with Crippen molar-refractivity contribution in [2.75, 3.05) is 19.6 Å². The van der Waals surface area contributed by atoms with Crippen LogP contribution in [0, 0.1) is 0 Å². The first-order valence-corrected chi connectivity index (χ1v) is 6.57. The smallest absolute Gasteiger partial charge is 0.237 e. The van der Waals surface area contributed by atoms with E-state index < -0.39 is 6.04 Å². The summed E-state index contributed by atoms with van der Waals surface area (Å²) in [5.41, 5.74) is 1.19. The van der Waals surface area contributed by atoms with Crippen LogP contribution in [-0.2, 0) is 16.0 Å². The summed E-state index contributed by atoms with van der Waals surface area (Å²) in [5, 5.41) is 8.61. The standard InChI is InChI=1S/C14H19N3O2/c18-13(10-12-14(19)17-9-8-15-12)16-7-6-11-4-2-1-3-5-11/h1-5,12,15H,6-10H2,(H,16,18)(H,17,19). The Balaban J connectivity index is 1.68. The van der Waals surface area contributed by atoms with Crippen molar-refractivity contribution in [1.29, 1.82) is 0 Å². The lowest BCUT2D eigenvalue weighted by molar-refractivity contribution is -0.129. The number of carbonyl (C=O) groups is 2. The minimum absolute atomic E-state index is 0.0921. The molecule has 102 valence electrons.